The summed E-state index contributed by atoms with van der Waals surface area (Å²) in [5, 5.41) is 29.5. The Bertz CT molecular complexity index is 726. The van der Waals surface area contributed by atoms with Crippen LogP contribution in [0.1, 0.15) is 25.4 Å². The van der Waals surface area contributed by atoms with Gasteiger partial charge >= 0.3 is 0 Å². The van der Waals surface area contributed by atoms with Crippen LogP contribution >= 0.6 is 0 Å². The Labute approximate surface area is 121 Å². The van der Waals surface area contributed by atoms with Crippen LogP contribution in [-0.2, 0) is 12.1 Å². The summed E-state index contributed by atoms with van der Waals surface area (Å²) in [4.78, 5) is 0. The molecule has 8 heteroatoms. The molecule has 1 aromatic carbocycles. The molecule has 108 valence electrons. The van der Waals surface area contributed by atoms with Crippen molar-refractivity contribution in [2.75, 3.05) is 0 Å². The van der Waals surface area contributed by atoms with Crippen LogP contribution in [0, 0.1) is 0 Å². The maximum absolute atomic E-state index is 9.90. The summed E-state index contributed by atoms with van der Waals surface area (Å²) in [7, 11) is 0. The molecule has 0 radical (unpaired) electrons. The van der Waals surface area contributed by atoms with Gasteiger partial charge in [-0.3, -0.25) is 0 Å². The first-order chi connectivity index (χ1) is 10.0. The van der Waals surface area contributed by atoms with Gasteiger partial charge in [0.15, 0.2) is 5.82 Å². The Morgan fingerprint density at radius 3 is 2.52 bits per heavy atom. The minimum atomic E-state index is -1.02. The van der Waals surface area contributed by atoms with Gasteiger partial charge in [-0.1, -0.05) is 23.4 Å². The number of aliphatic hydroxyl groups is 1. The van der Waals surface area contributed by atoms with Gasteiger partial charge in [-0.25, -0.2) is 4.68 Å². The summed E-state index contributed by atoms with van der Waals surface area (Å²) in [6.45, 7) is 3.69. The number of rotatable bonds is 4. The zero-order valence-electron chi connectivity index (χ0n) is 11.7. The summed E-state index contributed by atoms with van der Waals surface area (Å²) in [5.74, 6) is 0.633. The fourth-order valence-electron chi connectivity index (χ4n) is 1.87. The van der Waals surface area contributed by atoms with E-state index in [1.807, 2.05) is 30.3 Å². The average Bonchev–Trinajstić information content (AvgIpc) is 3.09. The number of benzene rings is 1. The molecule has 0 atom stereocenters. The zero-order valence-corrected chi connectivity index (χ0v) is 11.7. The molecule has 8 nitrogen and oxygen atoms in total. The number of hydrogen-bond acceptors (Lipinski definition) is 6. The Balaban J connectivity index is 1.87. The van der Waals surface area contributed by atoms with Crippen LogP contribution in [0.4, 0.5) is 0 Å². The lowest BCUT2D eigenvalue weighted by molar-refractivity contribution is 0.0737. The maximum atomic E-state index is 9.90. The van der Waals surface area contributed by atoms with Crippen molar-refractivity contribution in [1.82, 2.24) is 35.2 Å². The van der Waals surface area contributed by atoms with Crippen LogP contribution < -0.4 is 0 Å². The summed E-state index contributed by atoms with van der Waals surface area (Å²) in [6, 6.07) is 9.61. The smallest absolute Gasteiger partial charge is 0.178 e. The number of para-hydroxylation sites is 1. The average molecular weight is 285 g/mol. The lowest BCUT2D eigenvalue weighted by Crippen LogP contribution is -2.16. The highest BCUT2D eigenvalue weighted by Crippen LogP contribution is 2.16. The minimum Gasteiger partial charge on any atom is -0.384 e. The van der Waals surface area contributed by atoms with Crippen molar-refractivity contribution in [1.29, 1.82) is 0 Å². The third-order valence-electron chi connectivity index (χ3n) is 3.00. The van der Waals surface area contributed by atoms with E-state index in [-0.39, 0.29) is 0 Å². The summed E-state index contributed by atoms with van der Waals surface area (Å²) in [5.41, 5.74) is 0.352. The molecule has 0 saturated heterocycles. The van der Waals surface area contributed by atoms with Crippen LogP contribution in [0.2, 0.25) is 0 Å². The lowest BCUT2D eigenvalue weighted by Gasteiger charge is -2.11. The van der Waals surface area contributed by atoms with Crippen molar-refractivity contribution in [3.05, 3.63) is 48.0 Å². The van der Waals surface area contributed by atoms with E-state index < -0.39 is 5.60 Å². The van der Waals surface area contributed by atoms with E-state index >= 15 is 0 Å². The zero-order chi connectivity index (χ0) is 14.9. The van der Waals surface area contributed by atoms with Crippen molar-refractivity contribution in [2.45, 2.75) is 26.0 Å². The Hall–Kier alpha value is -2.61. The lowest BCUT2D eigenvalue weighted by atomic mass is 10.1. The van der Waals surface area contributed by atoms with Crippen molar-refractivity contribution in [3.8, 4) is 5.69 Å². The highest BCUT2D eigenvalue weighted by molar-refractivity contribution is 5.30. The number of hydrogen-bond donors (Lipinski definition) is 1. The fourth-order valence-corrected chi connectivity index (χ4v) is 1.87. The van der Waals surface area contributed by atoms with Crippen LogP contribution in [0.5, 0.6) is 0 Å². The van der Waals surface area contributed by atoms with Gasteiger partial charge in [-0.15, -0.1) is 10.2 Å². The van der Waals surface area contributed by atoms with Gasteiger partial charge in [0.1, 0.15) is 17.8 Å². The minimum absolute atomic E-state index is 0.366. The second kappa shape index (κ2) is 5.06. The monoisotopic (exact) mass is 285 g/mol. The second-order valence-corrected chi connectivity index (χ2v) is 5.20. The molecule has 2 aromatic heterocycles. The molecule has 3 rings (SSSR count). The topological polar surface area (TPSA) is 94.5 Å². The standard InChI is InChI=1S/C13H15N7O/c1-13(2,21)11-8-19(17-14-11)9-12-15-16-18-20(12)10-6-4-3-5-7-10/h3-8,21H,9H2,1-2H3. The highest BCUT2D eigenvalue weighted by Gasteiger charge is 2.20. The van der Waals surface area contributed by atoms with E-state index in [1.165, 1.54) is 0 Å². The van der Waals surface area contributed by atoms with Crippen molar-refractivity contribution in [2.24, 2.45) is 0 Å². The molecular weight excluding hydrogens is 270 g/mol. The molecule has 0 unspecified atom stereocenters. The normalized spacial score (nSPS) is 11.8. The third-order valence-corrected chi connectivity index (χ3v) is 3.00. The SMILES string of the molecule is CC(C)(O)c1cn(Cc2nnnn2-c2ccccc2)nn1. The predicted octanol–water partition coefficient (Wildman–Crippen LogP) is 0.529. The first kappa shape index (κ1) is 13.4. The van der Waals surface area contributed by atoms with Gasteiger partial charge in [-0.2, -0.15) is 4.68 Å². The quantitative estimate of drug-likeness (QED) is 0.751. The van der Waals surface area contributed by atoms with E-state index in [4.69, 9.17) is 0 Å². The Morgan fingerprint density at radius 1 is 1.10 bits per heavy atom. The van der Waals surface area contributed by atoms with E-state index in [0.717, 1.165) is 5.69 Å². The Morgan fingerprint density at radius 2 is 1.86 bits per heavy atom. The van der Waals surface area contributed by atoms with Gasteiger partial charge in [0.05, 0.1) is 11.9 Å². The Kier molecular flexibility index (Phi) is 3.22. The second-order valence-electron chi connectivity index (χ2n) is 5.20. The molecule has 0 aliphatic heterocycles. The predicted molar refractivity (Wildman–Crippen MR) is 73.5 cm³/mol. The summed E-state index contributed by atoms with van der Waals surface area (Å²) in [6.07, 6.45) is 1.68. The van der Waals surface area contributed by atoms with Crippen LogP contribution in [0.25, 0.3) is 5.69 Å². The first-order valence-electron chi connectivity index (χ1n) is 6.50. The van der Waals surface area contributed by atoms with Crippen LogP contribution in [0.15, 0.2) is 36.5 Å². The molecule has 21 heavy (non-hydrogen) atoms. The number of aromatic nitrogens is 7. The van der Waals surface area contributed by atoms with Crippen LogP contribution in [0.3, 0.4) is 0 Å². The van der Waals surface area contributed by atoms with Gasteiger partial charge in [0.25, 0.3) is 0 Å². The summed E-state index contributed by atoms with van der Waals surface area (Å²) < 4.78 is 3.24. The first-order valence-corrected chi connectivity index (χ1v) is 6.50. The van der Waals surface area contributed by atoms with Gasteiger partial charge in [0, 0.05) is 0 Å². The van der Waals surface area contributed by atoms with Gasteiger partial charge < -0.3 is 5.11 Å². The maximum Gasteiger partial charge on any atom is 0.178 e. The van der Waals surface area contributed by atoms with E-state index in [2.05, 4.69) is 25.8 Å². The summed E-state index contributed by atoms with van der Waals surface area (Å²) >= 11 is 0. The third kappa shape index (κ3) is 2.79. The molecule has 1 N–H and O–H groups in total. The number of tetrazole rings is 1. The molecule has 0 aliphatic carbocycles. The molecule has 0 aliphatic rings. The molecule has 3 aromatic rings. The van der Waals surface area contributed by atoms with Crippen molar-refractivity contribution >= 4 is 0 Å². The van der Waals surface area contributed by atoms with E-state index in [9.17, 15) is 5.11 Å². The van der Waals surface area contributed by atoms with Gasteiger partial charge in [-0.05, 0) is 36.4 Å². The van der Waals surface area contributed by atoms with Crippen molar-refractivity contribution < 1.29 is 5.11 Å². The van der Waals surface area contributed by atoms with Crippen LogP contribution in [-0.4, -0.2) is 40.3 Å². The van der Waals surface area contributed by atoms with Crippen molar-refractivity contribution in [3.63, 3.8) is 0 Å². The molecule has 0 bridgehead atoms. The largest absolute Gasteiger partial charge is 0.384 e. The molecule has 0 amide bonds. The molecule has 0 fully saturated rings. The number of nitrogens with zero attached hydrogens (tertiary/aromatic N) is 7. The molecule has 0 saturated carbocycles. The molecule has 0 spiro atoms. The van der Waals surface area contributed by atoms with E-state index in [0.29, 0.717) is 18.1 Å². The highest BCUT2D eigenvalue weighted by atomic mass is 16.3. The fraction of sp³-hybridized carbons (Fsp3) is 0.308. The molecule has 2 heterocycles. The van der Waals surface area contributed by atoms with Gasteiger partial charge in [0.2, 0.25) is 0 Å². The van der Waals surface area contributed by atoms with E-state index in [1.54, 1.807) is 29.4 Å². The molecular formula is C13H15N7O.